The number of rotatable bonds is 5. The minimum Gasteiger partial charge on any atom is -0.497 e. The van der Waals surface area contributed by atoms with Gasteiger partial charge >= 0.3 is 0 Å². The molecule has 0 aliphatic carbocycles. The summed E-state index contributed by atoms with van der Waals surface area (Å²) in [4.78, 5) is 0.197. The lowest BCUT2D eigenvalue weighted by Gasteiger charge is -2.18. The molecule has 1 rings (SSSR count). The zero-order chi connectivity index (χ0) is 13.1. The van der Waals surface area contributed by atoms with Gasteiger partial charge < -0.3 is 10.5 Å². The Bertz CT molecular complexity index is 460. The van der Waals surface area contributed by atoms with Crippen molar-refractivity contribution in [1.82, 2.24) is 4.72 Å². The van der Waals surface area contributed by atoms with E-state index in [-0.39, 0.29) is 11.4 Å². The van der Waals surface area contributed by atoms with Gasteiger partial charge in [0.2, 0.25) is 10.0 Å². The second-order valence-corrected chi connectivity index (χ2v) is 6.26. The zero-order valence-corrected chi connectivity index (χ0v) is 11.0. The van der Waals surface area contributed by atoms with Crippen LogP contribution in [0.25, 0.3) is 0 Å². The lowest BCUT2D eigenvalue weighted by atomic mass is 10.1. The summed E-state index contributed by atoms with van der Waals surface area (Å²) in [5.74, 6) is 0.614. The van der Waals surface area contributed by atoms with Crippen molar-refractivity contribution >= 4 is 10.0 Å². The van der Waals surface area contributed by atoms with Crippen molar-refractivity contribution in [2.24, 2.45) is 5.73 Å². The smallest absolute Gasteiger partial charge is 0.240 e. The van der Waals surface area contributed by atoms with E-state index >= 15 is 0 Å². The van der Waals surface area contributed by atoms with Gasteiger partial charge in [-0.25, -0.2) is 13.1 Å². The lowest BCUT2D eigenvalue weighted by Crippen LogP contribution is -2.45. The number of nitrogens with two attached hydrogens (primary N) is 1. The number of benzene rings is 1. The van der Waals surface area contributed by atoms with Crippen molar-refractivity contribution in [3.63, 3.8) is 0 Å². The van der Waals surface area contributed by atoms with E-state index in [2.05, 4.69) is 4.72 Å². The van der Waals surface area contributed by atoms with E-state index in [1.165, 1.54) is 19.2 Å². The number of nitrogens with one attached hydrogen (secondary N) is 1. The molecule has 0 aliphatic rings. The van der Waals surface area contributed by atoms with Crippen molar-refractivity contribution < 1.29 is 13.2 Å². The summed E-state index contributed by atoms with van der Waals surface area (Å²) < 4.78 is 31.2. The predicted octanol–water partition coefficient (Wildman–Crippen LogP) is 0.711. The Balaban J connectivity index is 2.82. The molecule has 0 atom stereocenters. The number of sulfonamides is 1. The minimum atomic E-state index is -3.50. The van der Waals surface area contributed by atoms with Crippen LogP contribution in [0.4, 0.5) is 0 Å². The molecule has 0 unspecified atom stereocenters. The molecule has 0 bridgehead atoms. The Morgan fingerprint density at radius 1 is 1.29 bits per heavy atom. The molecule has 0 fully saturated rings. The van der Waals surface area contributed by atoms with Gasteiger partial charge in [0.1, 0.15) is 5.75 Å². The second kappa shape index (κ2) is 5.03. The van der Waals surface area contributed by atoms with Crippen molar-refractivity contribution in [2.45, 2.75) is 24.3 Å². The monoisotopic (exact) mass is 258 g/mol. The van der Waals surface area contributed by atoms with Crippen molar-refractivity contribution in [3.8, 4) is 5.75 Å². The highest BCUT2D eigenvalue weighted by Crippen LogP contribution is 2.15. The van der Waals surface area contributed by atoms with Gasteiger partial charge in [-0.3, -0.25) is 0 Å². The number of methoxy groups -OCH3 is 1. The highest BCUT2D eigenvalue weighted by Gasteiger charge is 2.18. The first-order chi connectivity index (χ1) is 7.74. The molecule has 5 nitrogen and oxygen atoms in total. The highest BCUT2D eigenvalue weighted by molar-refractivity contribution is 7.89. The van der Waals surface area contributed by atoms with E-state index in [4.69, 9.17) is 10.5 Å². The normalized spacial score (nSPS) is 12.5. The molecule has 1 aromatic carbocycles. The largest absolute Gasteiger partial charge is 0.497 e. The summed E-state index contributed by atoms with van der Waals surface area (Å²) in [7, 11) is -1.98. The van der Waals surface area contributed by atoms with Crippen LogP contribution in [0.3, 0.4) is 0 Å². The Hall–Kier alpha value is -1.11. The van der Waals surface area contributed by atoms with Crippen LogP contribution in [0.1, 0.15) is 13.8 Å². The van der Waals surface area contributed by atoms with E-state index in [1.807, 2.05) is 0 Å². The van der Waals surface area contributed by atoms with Crippen molar-refractivity contribution in [2.75, 3.05) is 13.7 Å². The number of hydrogen-bond acceptors (Lipinski definition) is 4. The highest BCUT2D eigenvalue weighted by atomic mass is 32.2. The van der Waals surface area contributed by atoms with Gasteiger partial charge in [-0.15, -0.1) is 0 Å². The van der Waals surface area contributed by atoms with Gasteiger partial charge in [-0.1, -0.05) is 0 Å². The first-order valence-corrected chi connectivity index (χ1v) is 6.65. The Morgan fingerprint density at radius 3 is 2.24 bits per heavy atom. The lowest BCUT2D eigenvalue weighted by molar-refractivity contribution is 0.414. The van der Waals surface area contributed by atoms with Gasteiger partial charge in [0, 0.05) is 12.1 Å². The van der Waals surface area contributed by atoms with Crippen LogP contribution in [0.15, 0.2) is 29.2 Å². The molecule has 0 saturated heterocycles. The Kier molecular flexibility index (Phi) is 4.13. The first-order valence-electron chi connectivity index (χ1n) is 5.17. The van der Waals surface area contributed by atoms with Gasteiger partial charge in [-0.05, 0) is 38.1 Å². The average molecular weight is 258 g/mol. The fourth-order valence-corrected chi connectivity index (χ4v) is 2.34. The van der Waals surface area contributed by atoms with Crippen LogP contribution in [0.5, 0.6) is 5.75 Å². The Labute approximate surface area is 102 Å². The quantitative estimate of drug-likeness (QED) is 0.815. The molecule has 0 aliphatic heterocycles. The van der Waals surface area contributed by atoms with E-state index in [0.29, 0.717) is 5.75 Å². The van der Waals surface area contributed by atoms with E-state index < -0.39 is 15.6 Å². The summed E-state index contributed by atoms with van der Waals surface area (Å²) in [5, 5.41) is 0. The molecule has 0 radical (unpaired) electrons. The van der Waals surface area contributed by atoms with Crippen LogP contribution < -0.4 is 15.2 Å². The molecule has 17 heavy (non-hydrogen) atoms. The molecular formula is C11H18N2O3S. The number of hydrogen-bond donors (Lipinski definition) is 2. The van der Waals surface area contributed by atoms with E-state index in [1.54, 1.807) is 26.0 Å². The second-order valence-electron chi connectivity index (χ2n) is 4.49. The van der Waals surface area contributed by atoms with Crippen LogP contribution >= 0.6 is 0 Å². The SMILES string of the molecule is COc1ccc(S(=O)(=O)NCC(C)(C)N)cc1. The first kappa shape index (κ1) is 14.0. The summed E-state index contributed by atoms with van der Waals surface area (Å²) in [6.07, 6.45) is 0. The molecule has 0 aromatic heterocycles. The van der Waals surface area contributed by atoms with Crippen molar-refractivity contribution in [3.05, 3.63) is 24.3 Å². The molecule has 0 spiro atoms. The average Bonchev–Trinajstić information content (AvgIpc) is 2.26. The molecule has 96 valence electrons. The maximum atomic E-state index is 11.9. The summed E-state index contributed by atoms with van der Waals surface area (Å²) >= 11 is 0. The van der Waals surface area contributed by atoms with Crippen LogP contribution in [0, 0.1) is 0 Å². The fourth-order valence-electron chi connectivity index (χ4n) is 1.12. The molecule has 3 N–H and O–H groups in total. The summed E-state index contributed by atoms with van der Waals surface area (Å²) in [6, 6.07) is 6.18. The van der Waals surface area contributed by atoms with E-state index in [9.17, 15) is 8.42 Å². The molecule has 6 heteroatoms. The number of ether oxygens (including phenoxy) is 1. The van der Waals surface area contributed by atoms with Gasteiger partial charge in [-0.2, -0.15) is 0 Å². The van der Waals surface area contributed by atoms with E-state index in [0.717, 1.165) is 0 Å². The topological polar surface area (TPSA) is 81.4 Å². The van der Waals surface area contributed by atoms with Crippen LogP contribution in [-0.2, 0) is 10.0 Å². The van der Waals surface area contributed by atoms with Crippen LogP contribution in [-0.4, -0.2) is 27.6 Å². The fraction of sp³-hybridized carbons (Fsp3) is 0.455. The molecular weight excluding hydrogens is 240 g/mol. The van der Waals surface area contributed by atoms with Gasteiger partial charge in [0.15, 0.2) is 0 Å². The predicted molar refractivity (Wildman–Crippen MR) is 66.4 cm³/mol. The van der Waals surface area contributed by atoms with Crippen LogP contribution in [0.2, 0.25) is 0 Å². The van der Waals surface area contributed by atoms with Crippen molar-refractivity contribution in [1.29, 1.82) is 0 Å². The molecule has 0 heterocycles. The van der Waals surface area contributed by atoms with Gasteiger partial charge in [0.25, 0.3) is 0 Å². The maximum Gasteiger partial charge on any atom is 0.240 e. The zero-order valence-electron chi connectivity index (χ0n) is 10.2. The summed E-state index contributed by atoms with van der Waals surface area (Å²) in [6.45, 7) is 3.69. The summed E-state index contributed by atoms with van der Waals surface area (Å²) in [5.41, 5.74) is 5.14. The molecule has 1 aromatic rings. The minimum absolute atomic E-state index is 0.182. The third kappa shape index (κ3) is 4.33. The molecule has 0 amide bonds. The maximum absolute atomic E-state index is 11.9. The molecule has 0 saturated carbocycles. The Morgan fingerprint density at radius 2 is 1.82 bits per heavy atom. The van der Waals surface area contributed by atoms with Gasteiger partial charge in [0.05, 0.1) is 12.0 Å². The third-order valence-electron chi connectivity index (χ3n) is 2.09. The standard InChI is InChI=1S/C11H18N2O3S/c1-11(2,12)8-13-17(14,15)10-6-4-9(16-3)5-7-10/h4-7,13H,8,12H2,1-3H3. The third-order valence-corrected chi connectivity index (χ3v) is 3.50.